The molecule has 1 saturated carbocycles. The third-order valence-corrected chi connectivity index (χ3v) is 4.25. The van der Waals surface area contributed by atoms with E-state index < -0.39 is 0 Å². The van der Waals surface area contributed by atoms with Crippen LogP contribution in [0, 0.1) is 24.2 Å². The van der Waals surface area contributed by atoms with Crippen LogP contribution in [0.3, 0.4) is 0 Å². The van der Waals surface area contributed by atoms with Gasteiger partial charge in [-0.1, -0.05) is 0 Å². The minimum atomic E-state index is 0.362. The fourth-order valence-corrected chi connectivity index (χ4v) is 2.52. The van der Waals surface area contributed by atoms with Gasteiger partial charge in [0.05, 0.1) is 23.6 Å². The van der Waals surface area contributed by atoms with Gasteiger partial charge in [-0.05, 0) is 49.1 Å². The second-order valence-electron chi connectivity index (χ2n) is 6.30. The quantitative estimate of drug-likeness (QED) is 0.480. The molecule has 1 aliphatic rings. The van der Waals surface area contributed by atoms with Gasteiger partial charge in [0.1, 0.15) is 5.52 Å². The number of rotatable bonds is 3. The van der Waals surface area contributed by atoms with Gasteiger partial charge in [0.25, 0.3) is 0 Å². The number of amides is 1. The number of hydrogen-bond donors (Lipinski definition) is 3. The number of anilines is 3. The zero-order chi connectivity index (χ0) is 19.4. The molecule has 0 atom stereocenters. The fraction of sp³-hybridized carbons (Fsp3) is 0.211. The number of nitrogens with zero attached hydrogens (tertiary/aromatic N) is 4. The first-order valence-corrected chi connectivity index (χ1v) is 8.40. The topological polar surface area (TPSA) is 144 Å². The molecular formula is C19H19N7O. The Balaban J connectivity index is 0.000000364. The van der Waals surface area contributed by atoms with Crippen LogP contribution < -0.4 is 16.8 Å². The SMILES string of the molecule is Cc1c(N)cncc1-c1cc(N)c2nnc(NC=O)cc2c1.N#CC1CC1. The van der Waals surface area contributed by atoms with Crippen molar-refractivity contribution in [1.82, 2.24) is 15.2 Å². The minimum absolute atomic E-state index is 0.362. The predicted molar refractivity (Wildman–Crippen MR) is 104 cm³/mol. The van der Waals surface area contributed by atoms with Crippen molar-refractivity contribution in [1.29, 1.82) is 5.26 Å². The van der Waals surface area contributed by atoms with Crippen LogP contribution in [0.5, 0.6) is 0 Å². The molecule has 0 aliphatic heterocycles. The Bertz CT molecular complexity index is 1040. The molecule has 3 aromatic rings. The number of nitrogens with two attached hydrogens (primary N) is 2. The Hall–Kier alpha value is -3.73. The molecule has 1 aromatic carbocycles. The van der Waals surface area contributed by atoms with Gasteiger partial charge in [0.15, 0.2) is 5.82 Å². The van der Waals surface area contributed by atoms with Crippen molar-refractivity contribution >= 4 is 34.5 Å². The second-order valence-corrected chi connectivity index (χ2v) is 6.30. The van der Waals surface area contributed by atoms with E-state index in [-0.39, 0.29) is 0 Å². The maximum Gasteiger partial charge on any atom is 0.212 e. The number of nitrogens with one attached hydrogen (secondary N) is 1. The first-order chi connectivity index (χ1) is 13.0. The maximum atomic E-state index is 10.5. The Morgan fingerprint density at radius 1 is 1.19 bits per heavy atom. The van der Waals surface area contributed by atoms with Crippen molar-refractivity contribution in [2.75, 3.05) is 16.8 Å². The molecule has 0 radical (unpaired) electrons. The van der Waals surface area contributed by atoms with Gasteiger partial charge in [-0.15, -0.1) is 10.2 Å². The summed E-state index contributed by atoms with van der Waals surface area (Å²) in [5.41, 5.74) is 16.4. The van der Waals surface area contributed by atoms with Gasteiger partial charge in [0.2, 0.25) is 6.41 Å². The number of benzene rings is 1. The number of carbonyl (C=O) groups is 1. The third kappa shape index (κ3) is 4.10. The Kier molecular flexibility index (Phi) is 5.13. The number of nitriles is 1. The molecule has 1 aliphatic carbocycles. The summed E-state index contributed by atoms with van der Waals surface area (Å²) in [6.07, 6.45) is 6.20. The lowest BCUT2D eigenvalue weighted by Gasteiger charge is -2.10. The summed E-state index contributed by atoms with van der Waals surface area (Å²) >= 11 is 0. The van der Waals surface area contributed by atoms with E-state index in [4.69, 9.17) is 16.7 Å². The van der Waals surface area contributed by atoms with Crippen LogP contribution in [0.1, 0.15) is 18.4 Å². The van der Waals surface area contributed by atoms with E-state index in [0.717, 1.165) is 34.9 Å². The molecule has 2 heterocycles. The molecule has 1 fully saturated rings. The molecule has 0 unspecified atom stereocenters. The predicted octanol–water partition coefficient (Wildman–Crippen LogP) is 2.65. The molecule has 4 rings (SSSR count). The van der Waals surface area contributed by atoms with Gasteiger partial charge in [-0.25, -0.2) is 0 Å². The largest absolute Gasteiger partial charge is 0.397 e. The number of hydrogen-bond acceptors (Lipinski definition) is 7. The highest BCUT2D eigenvalue weighted by molar-refractivity contribution is 5.95. The van der Waals surface area contributed by atoms with Gasteiger partial charge in [-0.2, -0.15) is 5.26 Å². The van der Waals surface area contributed by atoms with Crippen LogP contribution >= 0.6 is 0 Å². The summed E-state index contributed by atoms with van der Waals surface area (Å²) in [5.74, 6) is 0.802. The van der Waals surface area contributed by atoms with Crippen LogP contribution in [-0.4, -0.2) is 21.6 Å². The van der Waals surface area contributed by atoms with Crippen LogP contribution in [0.4, 0.5) is 17.2 Å². The zero-order valence-electron chi connectivity index (χ0n) is 14.8. The van der Waals surface area contributed by atoms with Gasteiger partial charge >= 0.3 is 0 Å². The highest BCUT2D eigenvalue weighted by Gasteiger charge is 2.19. The molecular weight excluding hydrogens is 342 g/mol. The molecule has 8 heteroatoms. The van der Waals surface area contributed by atoms with Crippen LogP contribution in [0.15, 0.2) is 30.6 Å². The number of aromatic nitrogens is 3. The standard InChI is InChI=1S/C15H14N6O.C4H5N/c1-8-11(5-18-6-13(8)17)9-2-10-4-14(19-7-22)20-21-15(10)12(16)3-9;5-3-4-1-2-4/h2-7H,16-17H2,1H3,(H,19,20,22);4H,1-2H2. The third-order valence-electron chi connectivity index (χ3n) is 4.25. The van der Waals surface area contributed by atoms with E-state index in [1.54, 1.807) is 18.5 Å². The monoisotopic (exact) mass is 361 g/mol. The van der Waals surface area contributed by atoms with E-state index in [0.29, 0.717) is 35.0 Å². The molecule has 0 bridgehead atoms. The Morgan fingerprint density at radius 2 is 1.96 bits per heavy atom. The first-order valence-electron chi connectivity index (χ1n) is 8.40. The van der Waals surface area contributed by atoms with E-state index in [1.807, 2.05) is 19.1 Å². The zero-order valence-corrected chi connectivity index (χ0v) is 14.8. The molecule has 27 heavy (non-hydrogen) atoms. The lowest BCUT2D eigenvalue weighted by Crippen LogP contribution is -2.00. The maximum absolute atomic E-state index is 10.5. The van der Waals surface area contributed by atoms with E-state index >= 15 is 0 Å². The normalized spacial score (nSPS) is 12.6. The van der Waals surface area contributed by atoms with Crippen molar-refractivity contribution < 1.29 is 4.79 Å². The Labute approximate surface area is 156 Å². The fourth-order valence-electron chi connectivity index (χ4n) is 2.52. The van der Waals surface area contributed by atoms with E-state index in [2.05, 4.69) is 26.6 Å². The lowest BCUT2D eigenvalue weighted by molar-refractivity contribution is -0.105. The number of carbonyl (C=O) groups excluding carboxylic acids is 1. The van der Waals surface area contributed by atoms with Crippen LogP contribution in [0.2, 0.25) is 0 Å². The molecule has 8 nitrogen and oxygen atoms in total. The van der Waals surface area contributed by atoms with Gasteiger partial charge in [0, 0.05) is 23.1 Å². The highest BCUT2D eigenvalue weighted by Crippen LogP contribution is 2.31. The van der Waals surface area contributed by atoms with Crippen LogP contribution in [0.25, 0.3) is 22.0 Å². The number of pyridine rings is 1. The first kappa shape index (κ1) is 18.1. The summed E-state index contributed by atoms with van der Waals surface area (Å²) in [7, 11) is 0. The van der Waals surface area contributed by atoms with Crippen molar-refractivity contribution in [3.63, 3.8) is 0 Å². The molecule has 0 saturated heterocycles. The molecule has 2 aromatic heterocycles. The molecule has 1 amide bonds. The summed E-state index contributed by atoms with van der Waals surface area (Å²) < 4.78 is 0. The molecule has 5 N–H and O–H groups in total. The molecule has 136 valence electrons. The van der Waals surface area contributed by atoms with Crippen molar-refractivity contribution in [3.05, 3.63) is 36.2 Å². The second kappa shape index (κ2) is 7.66. The van der Waals surface area contributed by atoms with Gasteiger partial charge in [-0.3, -0.25) is 9.78 Å². The van der Waals surface area contributed by atoms with Gasteiger partial charge < -0.3 is 16.8 Å². The van der Waals surface area contributed by atoms with Crippen LogP contribution in [-0.2, 0) is 4.79 Å². The average Bonchev–Trinajstić information content (AvgIpc) is 3.49. The van der Waals surface area contributed by atoms with Crippen molar-refractivity contribution in [3.8, 4) is 17.2 Å². The van der Waals surface area contributed by atoms with Crippen molar-refractivity contribution in [2.24, 2.45) is 5.92 Å². The average molecular weight is 361 g/mol. The van der Waals surface area contributed by atoms with E-state index in [9.17, 15) is 4.79 Å². The van der Waals surface area contributed by atoms with E-state index in [1.165, 1.54) is 0 Å². The molecule has 0 spiro atoms. The minimum Gasteiger partial charge on any atom is -0.397 e. The summed E-state index contributed by atoms with van der Waals surface area (Å²) in [5, 5.41) is 19.1. The van der Waals surface area contributed by atoms with Crippen molar-refractivity contribution in [2.45, 2.75) is 19.8 Å². The Morgan fingerprint density at radius 3 is 2.59 bits per heavy atom. The summed E-state index contributed by atoms with van der Waals surface area (Å²) in [6.45, 7) is 1.93. The summed E-state index contributed by atoms with van der Waals surface area (Å²) in [4.78, 5) is 14.6. The lowest BCUT2D eigenvalue weighted by atomic mass is 9.99. The highest BCUT2D eigenvalue weighted by atomic mass is 16.1. The number of fused-ring (bicyclic) bond motifs is 1. The summed E-state index contributed by atoms with van der Waals surface area (Å²) in [6, 6.07) is 7.58. The smallest absolute Gasteiger partial charge is 0.212 e. The number of nitrogen functional groups attached to an aromatic ring is 2.